The highest BCUT2D eigenvalue weighted by molar-refractivity contribution is 5.56. The normalized spacial score (nSPS) is 11.5. The molecule has 0 spiro atoms. The zero-order valence-corrected chi connectivity index (χ0v) is 8.73. The summed E-state index contributed by atoms with van der Waals surface area (Å²) in [4.78, 5) is 15.9. The van der Waals surface area contributed by atoms with Crippen LogP contribution in [0.25, 0.3) is 11.4 Å². The zero-order valence-electron chi connectivity index (χ0n) is 8.73. The SMILES string of the molecule is O=[N+]([O-])c1cnc(-c2ccc(C(F)(F)F)cc2)[nH]1. The molecule has 0 saturated carbocycles. The minimum atomic E-state index is -4.41. The van der Waals surface area contributed by atoms with Crippen molar-refractivity contribution in [1.82, 2.24) is 9.97 Å². The highest BCUT2D eigenvalue weighted by Gasteiger charge is 2.30. The first-order chi connectivity index (χ1) is 8.38. The number of nitro groups is 1. The minimum absolute atomic E-state index is 0.149. The molecule has 2 rings (SSSR count). The Morgan fingerprint density at radius 2 is 1.83 bits per heavy atom. The maximum absolute atomic E-state index is 12.3. The Bertz CT molecular complexity index is 575. The predicted octanol–water partition coefficient (Wildman–Crippen LogP) is 3.00. The van der Waals surface area contributed by atoms with Gasteiger partial charge in [0, 0.05) is 5.56 Å². The lowest BCUT2D eigenvalue weighted by Crippen LogP contribution is -2.04. The summed E-state index contributed by atoms with van der Waals surface area (Å²) < 4.78 is 37.0. The molecule has 1 heterocycles. The summed E-state index contributed by atoms with van der Waals surface area (Å²) in [6, 6.07) is 4.18. The van der Waals surface area contributed by atoms with E-state index in [0.717, 1.165) is 18.3 Å². The molecule has 0 aliphatic rings. The predicted molar refractivity (Wildman–Crippen MR) is 55.7 cm³/mol. The molecule has 2 aromatic rings. The molecule has 1 aromatic carbocycles. The molecule has 0 radical (unpaired) electrons. The van der Waals surface area contributed by atoms with Crippen LogP contribution in [0.4, 0.5) is 19.0 Å². The van der Waals surface area contributed by atoms with Gasteiger partial charge in [0.25, 0.3) is 0 Å². The number of nitrogens with one attached hydrogen (secondary N) is 1. The van der Waals surface area contributed by atoms with Gasteiger partial charge in [0.15, 0.2) is 0 Å². The van der Waals surface area contributed by atoms with Crippen LogP contribution in [0.2, 0.25) is 0 Å². The molecule has 0 bridgehead atoms. The molecule has 1 aromatic heterocycles. The summed E-state index contributed by atoms with van der Waals surface area (Å²) in [7, 11) is 0. The maximum atomic E-state index is 12.3. The van der Waals surface area contributed by atoms with Crippen molar-refractivity contribution in [2.45, 2.75) is 6.18 Å². The number of rotatable bonds is 2. The number of benzene rings is 1. The van der Waals surface area contributed by atoms with Gasteiger partial charge in [0.05, 0.1) is 5.56 Å². The van der Waals surface area contributed by atoms with E-state index in [1.54, 1.807) is 0 Å². The van der Waals surface area contributed by atoms with E-state index in [1.807, 2.05) is 0 Å². The van der Waals surface area contributed by atoms with Gasteiger partial charge in [0.1, 0.15) is 6.20 Å². The molecule has 0 atom stereocenters. The number of imidazole rings is 1. The van der Waals surface area contributed by atoms with Gasteiger partial charge in [-0.1, -0.05) is 0 Å². The van der Waals surface area contributed by atoms with E-state index in [-0.39, 0.29) is 11.6 Å². The van der Waals surface area contributed by atoms with Crippen molar-refractivity contribution < 1.29 is 18.1 Å². The van der Waals surface area contributed by atoms with Crippen molar-refractivity contribution in [2.24, 2.45) is 0 Å². The van der Waals surface area contributed by atoms with Gasteiger partial charge < -0.3 is 10.1 Å². The first kappa shape index (κ1) is 12.1. The second kappa shape index (κ2) is 4.13. The van der Waals surface area contributed by atoms with Crippen molar-refractivity contribution in [3.05, 3.63) is 46.1 Å². The van der Waals surface area contributed by atoms with Crippen LogP contribution in [-0.2, 0) is 6.18 Å². The third-order valence-corrected chi connectivity index (χ3v) is 2.24. The van der Waals surface area contributed by atoms with E-state index in [4.69, 9.17) is 0 Å². The van der Waals surface area contributed by atoms with Gasteiger partial charge in [-0.3, -0.25) is 0 Å². The fourth-order valence-electron chi connectivity index (χ4n) is 1.37. The van der Waals surface area contributed by atoms with Crippen LogP contribution in [0.1, 0.15) is 5.56 Å². The van der Waals surface area contributed by atoms with Crippen LogP contribution >= 0.6 is 0 Å². The fraction of sp³-hybridized carbons (Fsp3) is 0.100. The summed E-state index contributed by atoms with van der Waals surface area (Å²) in [5, 5.41) is 10.4. The summed E-state index contributed by atoms with van der Waals surface area (Å²) in [6.45, 7) is 0. The average Bonchev–Trinajstić information content (AvgIpc) is 2.77. The molecule has 0 aliphatic carbocycles. The van der Waals surface area contributed by atoms with E-state index >= 15 is 0 Å². The molecular formula is C10H6F3N3O2. The Balaban J connectivity index is 2.31. The molecule has 0 unspecified atom stereocenters. The second-order valence-corrected chi connectivity index (χ2v) is 3.45. The number of aromatic nitrogens is 2. The highest BCUT2D eigenvalue weighted by Crippen LogP contribution is 2.30. The third-order valence-electron chi connectivity index (χ3n) is 2.24. The quantitative estimate of drug-likeness (QED) is 0.664. The lowest BCUT2D eigenvalue weighted by atomic mass is 10.1. The number of halogens is 3. The summed E-state index contributed by atoms with van der Waals surface area (Å²) >= 11 is 0. The first-order valence-corrected chi connectivity index (χ1v) is 4.75. The molecule has 0 saturated heterocycles. The summed E-state index contributed by atoms with van der Waals surface area (Å²) in [6.07, 6.45) is -3.40. The van der Waals surface area contributed by atoms with E-state index in [9.17, 15) is 23.3 Å². The van der Waals surface area contributed by atoms with Crippen molar-refractivity contribution in [2.75, 3.05) is 0 Å². The maximum Gasteiger partial charge on any atom is 0.416 e. The monoisotopic (exact) mass is 257 g/mol. The van der Waals surface area contributed by atoms with Gasteiger partial charge in [-0.05, 0) is 29.2 Å². The number of alkyl halides is 3. The van der Waals surface area contributed by atoms with Gasteiger partial charge in [-0.25, -0.2) is 9.97 Å². The Hall–Kier alpha value is -2.38. The third kappa shape index (κ3) is 2.31. The number of hydrogen-bond acceptors (Lipinski definition) is 3. The fourth-order valence-corrected chi connectivity index (χ4v) is 1.37. The lowest BCUT2D eigenvalue weighted by Gasteiger charge is -2.05. The molecule has 8 heteroatoms. The largest absolute Gasteiger partial charge is 0.416 e. The standard InChI is InChI=1S/C10H6F3N3O2/c11-10(12,13)7-3-1-6(2-4-7)9-14-5-8(15-9)16(17)18/h1-5H,(H,14,15). The average molecular weight is 257 g/mol. The first-order valence-electron chi connectivity index (χ1n) is 4.75. The van der Waals surface area contributed by atoms with E-state index in [1.165, 1.54) is 12.1 Å². The summed E-state index contributed by atoms with van der Waals surface area (Å²) in [5.41, 5.74) is -0.441. The second-order valence-electron chi connectivity index (χ2n) is 3.45. The van der Waals surface area contributed by atoms with Crippen molar-refractivity contribution in [3.63, 3.8) is 0 Å². The van der Waals surface area contributed by atoms with Crippen molar-refractivity contribution in [3.8, 4) is 11.4 Å². The number of hydrogen-bond donors (Lipinski definition) is 1. The van der Waals surface area contributed by atoms with Crippen LogP contribution in [0.3, 0.4) is 0 Å². The van der Waals surface area contributed by atoms with E-state index < -0.39 is 16.7 Å². The van der Waals surface area contributed by atoms with Crippen molar-refractivity contribution >= 4 is 5.82 Å². The number of nitrogens with zero attached hydrogens (tertiary/aromatic N) is 2. The smallest absolute Gasteiger partial charge is 0.358 e. The van der Waals surface area contributed by atoms with Crippen LogP contribution in [0.15, 0.2) is 30.5 Å². The summed E-state index contributed by atoms with van der Waals surface area (Å²) in [5.74, 6) is -0.166. The topological polar surface area (TPSA) is 71.8 Å². The van der Waals surface area contributed by atoms with Gasteiger partial charge in [0.2, 0.25) is 5.82 Å². The van der Waals surface area contributed by atoms with E-state index in [2.05, 4.69) is 9.97 Å². The zero-order chi connectivity index (χ0) is 13.3. The van der Waals surface area contributed by atoms with Crippen molar-refractivity contribution in [1.29, 1.82) is 0 Å². The molecular weight excluding hydrogens is 251 g/mol. The van der Waals surface area contributed by atoms with Crippen LogP contribution in [-0.4, -0.2) is 14.9 Å². The number of aromatic amines is 1. The Morgan fingerprint density at radius 1 is 1.22 bits per heavy atom. The van der Waals surface area contributed by atoms with Gasteiger partial charge in [-0.15, -0.1) is 0 Å². The van der Waals surface area contributed by atoms with E-state index in [0.29, 0.717) is 5.56 Å². The molecule has 94 valence electrons. The van der Waals surface area contributed by atoms with Gasteiger partial charge >= 0.3 is 12.0 Å². The molecule has 0 fully saturated rings. The molecule has 5 nitrogen and oxygen atoms in total. The molecule has 0 aliphatic heterocycles. The van der Waals surface area contributed by atoms with Gasteiger partial charge in [-0.2, -0.15) is 13.2 Å². The number of H-pyrrole nitrogens is 1. The highest BCUT2D eigenvalue weighted by atomic mass is 19.4. The minimum Gasteiger partial charge on any atom is -0.358 e. The Morgan fingerprint density at radius 3 is 2.28 bits per heavy atom. The molecule has 1 N–H and O–H groups in total. The van der Waals surface area contributed by atoms with Crippen LogP contribution in [0, 0.1) is 10.1 Å². The molecule has 18 heavy (non-hydrogen) atoms. The molecule has 0 amide bonds. The lowest BCUT2D eigenvalue weighted by molar-refractivity contribution is -0.389. The Labute approximate surface area is 98.4 Å². The van der Waals surface area contributed by atoms with Crippen LogP contribution < -0.4 is 0 Å². The van der Waals surface area contributed by atoms with Crippen LogP contribution in [0.5, 0.6) is 0 Å². The Kier molecular flexibility index (Phi) is 2.77.